The lowest BCUT2D eigenvalue weighted by Gasteiger charge is -2.22. The molecule has 2 aromatic rings. The highest BCUT2D eigenvalue weighted by atomic mass is 32.2. The van der Waals surface area contributed by atoms with Crippen molar-refractivity contribution >= 4 is 34.7 Å². The first-order valence-corrected chi connectivity index (χ1v) is 8.17. The van der Waals surface area contributed by atoms with Gasteiger partial charge in [-0.2, -0.15) is 0 Å². The molecule has 0 saturated carbocycles. The maximum Gasteiger partial charge on any atom is 0.243 e. The minimum atomic E-state index is -0.283. The fourth-order valence-corrected chi connectivity index (χ4v) is 3.33. The van der Waals surface area contributed by atoms with Gasteiger partial charge in [-0.15, -0.1) is 10.2 Å². The van der Waals surface area contributed by atoms with Crippen LogP contribution >= 0.6 is 23.1 Å². The first kappa shape index (κ1) is 14.5. The molecule has 2 N–H and O–H groups in total. The smallest absolute Gasteiger partial charge is 0.243 e. The first-order valence-electron chi connectivity index (χ1n) is 6.47. The summed E-state index contributed by atoms with van der Waals surface area (Å²) in [7, 11) is 0. The van der Waals surface area contributed by atoms with E-state index in [1.165, 1.54) is 11.3 Å². The molecule has 3 rings (SSSR count). The summed E-state index contributed by atoms with van der Waals surface area (Å²) in [4.78, 5) is 13.1. The van der Waals surface area contributed by atoms with Crippen molar-refractivity contribution in [2.75, 3.05) is 25.1 Å². The zero-order chi connectivity index (χ0) is 14.5. The number of hydrogen-bond donors (Lipinski definition) is 2. The lowest BCUT2D eigenvalue weighted by atomic mass is 10.2. The summed E-state index contributed by atoms with van der Waals surface area (Å²) in [6, 6.07) is 7.38. The number of hydrogen-bond acceptors (Lipinski definition) is 7. The molecule has 1 saturated heterocycles. The van der Waals surface area contributed by atoms with Gasteiger partial charge in [-0.25, -0.2) is 0 Å². The number of rotatable bonds is 4. The van der Waals surface area contributed by atoms with Gasteiger partial charge in [-0.3, -0.25) is 4.79 Å². The van der Waals surface area contributed by atoms with Crippen LogP contribution in [-0.2, 0) is 9.53 Å². The third-order valence-corrected chi connectivity index (χ3v) is 4.69. The lowest BCUT2D eigenvalue weighted by Crippen LogP contribution is -2.48. The molecule has 1 unspecified atom stereocenters. The molecular formula is C13H14N4O2S2. The Bertz CT molecular complexity index is 583. The molecule has 1 amide bonds. The van der Waals surface area contributed by atoms with E-state index in [0.29, 0.717) is 19.8 Å². The second-order valence-corrected chi connectivity index (χ2v) is 6.56. The Hall–Kier alpha value is -1.48. The summed E-state index contributed by atoms with van der Waals surface area (Å²) in [6.45, 7) is 1.77. The van der Waals surface area contributed by atoms with Crippen LogP contribution in [0, 0.1) is 0 Å². The maximum atomic E-state index is 12.0. The van der Waals surface area contributed by atoms with Gasteiger partial charge in [0.15, 0.2) is 4.34 Å². The van der Waals surface area contributed by atoms with Crippen molar-refractivity contribution in [3.63, 3.8) is 0 Å². The van der Waals surface area contributed by atoms with Crippen LogP contribution in [0.3, 0.4) is 0 Å². The molecule has 0 bridgehead atoms. The monoisotopic (exact) mass is 322 g/mol. The van der Waals surface area contributed by atoms with Crippen LogP contribution in [0.4, 0.5) is 5.69 Å². The summed E-state index contributed by atoms with van der Waals surface area (Å²) in [5.74, 6) is -0.0702. The normalized spacial score (nSPS) is 18.4. The Morgan fingerprint density at radius 3 is 2.95 bits per heavy atom. The number of carbonyl (C=O) groups excluding carboxylic acids is 1. The average molecular weight is 322 g/mol. The minimum Gasteiger partial charge on any atom is -0.378 e. The molecule has 2 heterocycles. The van der Waals surface area contributed by atoms with Gasteiger partial charge in [-0.05, 0) is 24.3 Å². The van der Waals surface area contributed by atoms with Crippen molar-refractivity contribution in [1.82, 2.24) is 15.5 Å². The van der Waals surface area contributed by atoms with Crippen molar-refractivity contribution in [3.05, 3.63) is 29.8 Å². The van der Waals surface area contributed by atoms with E-state index in [-0.39, 0.29) is 11.9 Å². The van der Waals surface area contributed by atoms with E-state index in [9.17, 15) is 4.79 Å². The molecule has 1 atom stereocenters. The van der Waals surface area contributed by atoms with Crippen molar-refractivity contribution in [2.24, 2.45) is 0 Å². The topological polar surface area (TPSA) is 76.1 Å². The predicted octanol–water partition coefficient (Wildman–Crippen LogP) is 1.62. The Morgan fingerprint density at radius 1 is 1.43 bits per heavy atom. The second kappa shape index (κ2) is 6.99. The zero-order valence-corrected chi connectivity index (χ0v) is 12.7. The van der Waals surface area contributed by atoms with Gasteiger partial charge in [0.05, 0.1) is 13.2 Å². The zero-order valence-electron chi connectivity index (χ0n) is 11.1. The van der Waals surface area contributed by atoms with Gasteiger partial charge >= 0.3 is 0 Å². The first-order chi connectivity index (χ1) is 10.3. The van der Waals surface area contributed by atoms with E-state index in [0.717, 1.165) is 14.9 Å². The van der Waals surface area contributed by atoms with Crippen molar-refractivity contribution in [2.45, 2.75) is 15.3 Å². The van der Waals surface area contributed by atoms with E-state index in [1.54, 1.807) is 17.3 Å². The fraction of sp³-hybridized carbons (Fsp3) is 0.308. The number of benzene rings is 1. The predicted molar refractivity (Wildman–Crippen MR) is 81.7 cm³/mol. The third kappa shape index (κ3) is 4.01. The number of aromatic nitrogens is 2. The summed E-state index contributed by atoms with van der Waals surface area (Å²) >= 11 is 3.05. The molecule has 0 spiro atoms. The van der Waals surface area contributed by atoms with Crippen molar-refractivity contribution in [3.8, 4) is 0 Å². The largest absolute Gasteiger partial charge is 0.378 e. The van der Waals surface area contributed by atoms with Gasteiger partial charge in [0.2, 0.25) is 5.91 Å². The molecule has 110 valence electrons. The molecule has 1 aliphatic heterocycles. The van der Waals surface area contributed by atoms with Crippen LogP contribution in [0.25, 0.3) is 0 Å². The quantitative estimate of drug-likeness (QED) is 0.891. The van der Waals surface area contributed by atoms with E-state index in [4.69, 9.17) is 4.74 Å². The number of carbonyl (C=O) groups is 1. The number of nitrogens with zero attached hydrogens (tertiary/aromatic N) is 2. The standard InChI is InChI=1S/C13H14N4O2S2/c18-12(11-7-19-6-5-14-11)16-9-1-3-10(4-2-9)21-13-17-15-8-20-13/h1-4,8,11,14H,5-7H2,(H,16,18). The number of amides is 1. The number of nitrogens with one attached hydrogen (secondary N) is 2. The molecule has 0 radical (unpaired) electrons. The fourth-order valence-electron chi connectivity index (χ4n) is 1.88. The van der Waals surface area contributed by atoms with Gasteiger partial charge in [0.1, 0.15) is 11.6 Å². The van der Waals surface area contributed by atoms with E-state index in [1.807, 2.05) is 24.3 Å². The van der Waals surface area contributed by atoms with Gasteiger partial charge < -0.3 is 15.4 Å². The SMILES string of the molecule is O=C(Nc1ccc(Sc2nncs2)cc1)C1COCCN1. The Morgan fingerprint density at radius 2 is 2.29 bits per heavy atom. The highest BCUT2D eigenvalue weighted by Crippen LogP contribution is 2.29. The Kier molecular flexibility index (Phi) is 4.81. The molecule has 1 aliphatic rings. The highest BCUT2D eigenvalue weighted by molar-refractivity contribution is 8.01. The van der Waals surface area contributed by atoms with Gasteiger partial charge in [-0.1, -0.05) is 23.1 Å². The maximum absolute atomic E-state index is 12.0. The van der Waals surface area contributed by atoms with E-state index >= 15 is 0 Å². The van der Waals surface area contributed by atoms with Crippen LogP contribution in [0.5, 0.6) is 0 Å². The van der Waals surface area contributed by atoms with E-state index < -0.39 is 0 Å². The number of ether oxygens (including phenoxy) is 1. The molecular weight excluding hydrogens is 308 g/mol. The summed E-state index contributed by atoms with van der Waals surface area (Å²) in [5.41, 5.74) is 2.48. The summed E-state index contributed by atoms with van der Waals surface area (Å²) in [5, 5.41) is 13.8. The average Bonchev–Trinajstić information content (AvgIpc) is 3.03. The van der Waals surface area contributed by atoms with E-state index in [2.05, 4.69) is 20.8 Å². The van der Waals surface area contributed by atoms with Gasteiger partial charge in [0, 0.05) is 17.1 Å². The Balaban J connectivity index is 1.57. The van der Waals surface area contributed by atoms with Crippen molar-refractivity contribution in [1.29, 1.82) is 0 Å². The molecule has 21 heavy (non-hydrogen) atoms. The number of morpholine rings is 1. The molecule has 0 aliphatic carbocycles. The van der Waals surface area contributed by atoms with Crippen LogP contribution in [0.2, 0.25) is 0 Å². The molecule has 8 heteroatoms. The van der Waals surface area contributed by atoms with Gasteiger partial charge in [0.25, 0.3) is 0 Å². The van der Waals surface area contributed by atoms with Crippen LogP contribution in [0.1, 0.15) is 0 Å². The molecule has 6 nitrogen and oxygen atoms in total. The molecule has 1 aromatic carbocycles. The minimum absolute atomic E-state index is 0.0702. The number of anilines is 1. The molecule has 1 fully saturated rings. The second-order valence-electron chi connectivity index (χ2n) is 4.40. The van der Waals surface area contributed by atoms with Crippen LogP contribution < -0.4 is 10.6 Å². The van der Waals surface area contributed by atoms with Crippen LogP contribution in [0.15, 0.2) is 39.0 Å². The summed E-state index contributed by atoms with van der Waals surface area (Å²) < 4.78 is 6.18. The van der Waals surface area contributed by atoms with Crippen LogP contribution in [-0.4, -0.2) is 41.9 Å². The third-order valence-electron chi connectivity index (χ3n) is 2.91. The summed E-state index contributed by atoms with van der Waals surface area (Å²) in [6.07, 6.45) is 0. The van der Waals surface area contributed by atoms with Crippen molar-refractivity contribution < 1.29 is 9.53 Å². The highest BCUT2D eigenvalue weighted by Gasteiger charge is 2.20. The molecule has 1 aromatic heterocycles. The Labute approximate surface area is 130 Å². The lowest BCUT2D eigenvalue weighted by molar-refractivity contribution is -0.120.